The number of hydrogen-bond donors (Lipinski definition) is 1. The van der Waals surface area contributed by atoms with E-state index in [2.05, 4.69) is 0 Å². The molecule has 1 aromatic carbocycles. The second-order valence-corrected chi connectivity index (χ2v) is 9.61. The molecule has 0 bridgehead atoms. The molecule has 0 aromatic heterocycles. The zero-order chi connectivity index (χ0) is 16.3. The first-order chi connectivity index (χ1) is 9.54. The third kappa shape index (κ3) is 5.79. The minimum Gasteiger partial charge on any atom is -0.399 e. The molecular weight excluding hydrogens is 313 g/mol. The van der Waals surface area contributed by atoms with E-state index in [1.807, 2.05) is 0 Å². The van der Waals surface area contributed by atoms with Crippen LogP contribution < -0.4 is 5.73 Å². The molecule has 0 heterocycles. The molecule has 2 N–H and O–H groups in total. The second kappa shape index (κ2) is 6.92. The van der Waals surface area contributed by atoms with Crippen molar-refractivity contribution < 1.29 is 22.0 Å². The van der Waals surface area contributed by atoms with Gasteiger partial charge in [0.25, 0.3) is 0 Å². The molecule has 0 atom stereocenters. The molecule has 0 radical (unpaired) electrons. The summed E-state index contributed by atoms with van der Waals surface area (Å²) in [6.07, 6.45) is -0.813. The van der Waals surface area contributed by atoms with Gasteiger partial charge < -0.3 is 14.8 Å². The summed E-state index contributed by atoms with van der Waals surface area (Å²) >= 11 is 0. The predicted molar refractivity (Wildman–Crippen MR) is 83.0 cm³/mol. The number of nitrogens with two attached hydrogens (primary N) is 1. The maximum Gasteiger partial charge on any atom is 0.346 e. The van der Waals surface area contributed by atoms with Crippen molar-refractivity contribution in [1.82, 2.24) is 0 Å². The number of sulfone groups is 1. The van der Waals surface area contributed by atoms with Crippen LogP contribution >= 0.6 is 7.60 Å². The summed E-state index contributed by atoms with van der Waals surface area (Å²) in [6.45, 7) is 6.69. The Labute approximate surface area is 126 Å². The largest absolute Gasteiger partial charge is 0.399 e. The number of rotatable bonds is 7. The molecule has 1 rings (SSSR count). The fraction of sp³-hybridized carbons (Fsp3) is 0.538. The minimum atomic E-state index is -3.79. The van der Waals surface area contributed by atoms with E-state index in [1.165, 1.54) is 24.3 Å². The van der Waals surface area contributed by atoms with Crippen LogP contribution in [-0.2, 0) is 23.4 Å². The first-order valence-corrected chi connectivity index (χ1v) is 9.96. The summed E-state index contributed by atoms with van der Waals surface area (Å²) < 4.78 is 47.9. The zero-order valence-corrected chi connectivity index (χ0v) is 14.4. The highest BCUT2D eigenvalue weighted by atomic mass is 32.2. The summed E-state index contributed by atoms with van der Waals surface area (Å²) in [6, 6.07) is 5.70. The molecule has 1 aromatic rings. The van der Waals surface area contributed by atoms with Crippen molar-refractivity contribution in [2.45, 2.75) is 44.8 Å². The summed E-state index contributed by atoms with van der Waals surface area (Å²) in [5.41, 5.74) is 5.29. The van der Waals surface area contributed by atoms with Gasteiger partial charge in [0.1, 0.15) is 0 Å². The first-order valence-electron chi connectivity index (χ1n) is 6.58. The van der Waals surface area contributed by atoms with Crippen molar-refractivity contribution >= 4 is 23.1 Å². The molecule has 0 saturated carbocycles. The van der Waals surface area contributed by atoms with Crippen LogP contribution in [0.5, 0.6) is 0 Å². The molecule has 8 heteroatoms. The van der Waals surface area contributed by atoms with Crippen molar-refractivity contribution in [1.29, 1.82) is 0 Å². The van der Waals surface area contributed by atoms with Crippen molar-refractivity contribution in [3.05, 3.63) is 24.3 Å². The van der Waals surface area contributed by atoms with E-state index in [1.54, 1.807) is 27.7 Å². The highest BCUT2D eigenvalue weighted by Gasteiger charge is 2.35. The SMILES string of the molecule is CC(C)OP(=O)(CS(=O)(=O)c1ccc(N)cc1)OC(C)C. The van der Waals surface area contributed by atoms with E-state index < -0.39 is 35.1 Å². The van der Waals surface area contributed by atoms with Gasteiger partial charge in [0.2, 0.25) is 0 Å². The average Bonchev–Trinajstić information content (AvgIpc) is 2.25. The van der Waals surface area contributed by atoms with Gasteiger partial charge in [-0.15, -0.1) is 0 Å². The van der Waals surface area contributed by atoms with Gasteiger partial charge in [0.05, 0.1) is 17.1 Å². The van der Waals surface area contributed by atoms with Gasteiger partial charge in [-0.05, 0) is 52.0 Å². The Kier molecular flexibility index (Phi) is 5.99. The monoisotopic (exact) mass is 335 g/mol. The Morgan fingerprint density at radius 3 is 1.86 bits per heavy atom. The topological polar surface area (TPSA) is 95.7 Å². The van der Waals surface area contributed by atoms with Crippen LogP contribution in [0.3, 0.4) is 0 Å². The fourth-order valence-corrected chi connectivity index (χ4v) is 6.32. The molecule has 120 valence electrons. The summed E-state index contributed by atoms with van der Waals surface area (Å²) in [7, 11) is -7.54. The Balaban J connectivity index is 3.06. The van der Waals surface area contributed by atoms with Crippen molar-refractivity contribution in [2.24, 2.45) is 0 Å². The van der Waals surface area contributed by atoms with Gasteiger partial charge in [-0.2, -0.15) is 0 Å². The van der Waals surface area contributed by atoms with Crippen LogP contribution in [0.25, 0.3) is 0 Å². The quantitative estimate of drug-likeness (QED) is 0.608. The number of benzene rings is 1. The van der Waals surface area contributed by atoms with Crippen LogP contribution in [0, 0.1) is 0 Å². The molecular formula is C13H22NO5PS. The van der Waals surface area contributed by atoms with Gasteiger partial charge in [0.15, 0.2) is 15.3 Å². The van der Waals surface area contributed by atoms with E-state index in [0.29, 0.717) is 5.69 Å². The van der Waals surface area contributed by atoms with Crippen LogP contribution in [-0.4, -0.2) is 26.1 Å². The lowest BCUT2D eigenvalue weighted by molar-refractivity contribution is 0.145. The highest BCUT2D eigenvalue weighted by molar-refractivity contribution is 7.97. The second-order valence-electron chi connectivity index (χ2n) is 5.23. The summed E-state index contributed by atoms with van der Waals surface area (Å²) in [5.74, 6) is 0. The van der Waals surface area contributed by atoms with Gasteiger partial charge in [0, 0.05) is 5.69 Å². The highest BCUT2D eigenvalue weighted by Crippen LogP contribution is 2.52. The zero-order valence-electron chi connectivity index (χ0n) is 12.6. The predicted octanol–water partition coefficient (Wildman–Crippen LogP) is 3.04. The van der Waals surface area contributed by atoms with Gasteiger partial charge in [-0.3, -0.25) is 4.57 Å². The molecule has 0 aliphatic carbocycles. The molecule has 0 spiro atoms. The smallest absolute Gasteiger partial charge is 0.346 e. The Bertz CT molecular complexity index is 596. The minimum absolute atomic E-state index is 0.0386. The number of anilines is 1. The van der Waals surface area contributed by atoms with Crippen molar-refractivity contribution in [3.8, 4) is 0 Å². The normalized spacial score (nSPS) is 13.0. The molecule has 0 aliphatic heterocycles. The standard InChI is InChI=1S/C13H22NO5PS/c1-10(2)18-20(15,19-11(3)4)9-21(16,17)13-7-5-12(14)6-8-13/h5-8,10-11H,9,14H2,1-4H3. The molecule has 21 heavy (non-hydrogen) atoms. The van der Waals surface area contributed by atoms with Crippen LogP contribution in [0.1, 0.15) is 27.7 Å². The third-order valence-corrected chi connectivity index (χ3v) is 7.41. The maximum absolute atomic E-state index is 12.6. The lowest BCUT2D eigenvalue weighted by Gasteiger charge is -2.22. The maximum atomic E-state index is 12.6. The Morgan fingerprint density at radius 2 is 1.48 bits per heavy atom. The molecule has 6 nitrogen and oxygen atoms in total. The van der Waals surface area contributed by atoms with Crippen molar-refractivity contribution in [3.63, 3.8) is 0 Å². The van der Waals surface area contributed by atoms with Crippen LogP contribution in [0.15, 0.2) is 29.2 Å². The first kappa shape index (κ1) is 18.2. The van der Waals surface area contributed by atoms with Crippen LogP contribution in [0.2, 0.25) is 0 Å². The Morgan fingerprint density at radius 1 is 1.05 bits per heavy atom. The van der Waals surface area contributed by atoms with E-state index in [4.69, 9.17) is 14.8 Å². The molecule has 0 aliphatic rings. The van der Waals surface area contributed by atoms with E-state index in [-0.39, 0.29) is 4.90 Å². The fourth-order valence-electron chi connectivity index (χ4n) is 1.69. The number of hydrogen-bond acceptors (Lipinski definition) is 6. The lowest BCUT2D eigenvalue weighted by Crippen LogP contribution is -2.15. The van der Waals surface area contributed by atoms with Crippen LogP contribution in [0.4, 0.5) is 5.69 Å². The van der Waals surface area contributed by atoms with Gasteiger partial charge in [-0.1, -0.05) is 0 Å². The van der Waals surface area contributed by atoms with Gasteiger partial charge >= 0.3 is 7.60 Å². The lowest BCUT2D eigenvalue weighted by atomic mass is 10.3. The molecule has 0 saturated heterocycles. The molecule has 0 fully saturated rings. The Hall–Kier alpha value is -0.880. The molecule has 0 unspecified atom stereocenters. The summed E-state index contributed by atoms with van der Waals surface area (Å²) in [5, 5.41) is 0. The summed E-state index contributed by atoms with van der Waals surface area (Å²) in [4.78, 5) is 0.0386. The van der Waals surface area contributed by atoms with Crippen molar-refractivity contribution in [2.75, 3.05) is 11.2 Å². The van der Waals surface area contributed by atoms with Gasteiger partial charge in [-0.25, -0.2) is 8.42 Å². The number of nitrogen functional groups attached to an aromatic ring is 1. The van der Waals surface area contributed by atoms with E-state index in [9.17, 15) is 13.0 Å². The van der Waals surface area contributed by atoms with E-state index >= 15 is 0 Å². The molecule has 0 amide bonds. The van der Waals surface area contributed by atoms with E-state index in [0.717, 1.165) is 0 Å². The average molecular weight is 335 g/mol. The third-order valence-electron chi connectivity index (χ3n) is 2.31.